The van der Waals surface area contributed by atoms with Gasteiger partial charge in [-0.15, -0.1) is 0 Å². The van der Waals surface area contributed by atoms with Gasteiger partial charge in [-0.05, 0) is 53.5 Å². The van der Waals surface area contributed by atoms with Gasteiger partial charge in [-0.25, -0.2) is 0 Å². The number of primary amides is 1. The molecule has 1 aromatic heterocycles. The van der Waals surface area contributed by atoms with Gasteiger partial charge in [0, 0.05) is 17.8 Å². The third kappa shape index (κ3) is 3.44. The lowest BCUT2D eigenvalue weighted by molar-refractivity contribution is 0.100. The van der Waals surface area contributed by atoms with Crippen LogP contribution in [0.2, 0.25) is 0 Å². The van der Waals surface area contributed by atoms with E-state index in [0.717, 1.165) is 34.5 Å². The van der Waals surface area contributed by atoms with E-state index in [1.807, 2.05) is 16.8 Å². The van der Waals surface area contributed by atoms with Crippen molar-refractivity contribution < 1.29 is 4.79 Å². The van der Waals surface area contributed by atoms with Crippen molar-refractivity contribution in [2.24, 2.45) is 5.73 Å². The number of anilines is 1. The third-order valence-electron chi connectivity index (χ3n) is 3.32. The Balaban J connectivity index is 2.12. The number of nitrogens with two attached hydrogens (primary N) is 1. The number of rotatable bonds is 6. The van der Waals surface area contributed by atoms with E-state index in [-0.39, 0.29) is 0 Å². The van der Waals surface area contributed by atoms with Gasteiger partial charge in [0.15, 0.2) is 0 Å². The van der Waals surface area contributed by atoms with Crippen LogP contribution in [0, 0.1) is 0 Å². The summed E-state index contributed by atoms with van der Waals surface area (Å²) in [5.41, 5.74) is 8.86. The maximum atomic E-state index is 11.0. The zero-order valence-electron chi connectivity index (χ0n) is 12.2. The molecule has 0 aliphatic heterocycles. The summed E-state index contributed by atoms with van der Waals surface area (Å²) in [6.45, 7) is 5.66. The molecular weight excluding hydrogens is 332 g/mol. The van der Waals surface area contributed by atoms with Crippen molar-refractivity contribution in [2.45, 2.75) is 33.4 Å². The smallest absolute Gasteiger partial charge is 0.248 e. The highest BCUT2D eigenvalue weighted by Gasteiger charge is 2.13. The maximum absolute atomic E-state index is 11.0. The van der Waals surface area contributed by atoms with Gasteiger partial charge < -0.3 is 11.1 Å². The summed E-state index contributed by atoms with van der Waals surface area (Å²) in [5.74, 6) is -0.416. The first-order valence-corrected chi connectivity index (χ1v) is 7.73. The SMILES string of the molecule is CCc1nn(CC)c(CNc2ccc(C(N)=O)cc2)c1Br. The predicted octanol–water partition coefficient (Wildman–Crippen LogP) is 2.94. The number of nitrogens with zero attached hydrogens (tertiary/aromatic N) is 2. The Morgan fingerprint density at radius 1 is 1.33 bits per heavy atom. The molecule has 5 nitrogen and oxygen atoms in total. The molecule has 0 bridgehead atoms. The Hall–Kier alpha value is -1.82. The van der Waals surface area contributed by atoms with E-state index < -0.39 is 5.91 Å². The quantitative estimate of drug-likeness (QED) is 0.840. The van der Waals surface area contributed by atoms with Gasteiger partial charge in [0.1, 0.15) is 0 Å². The van der Waals surface area contributed by atoms with Crippen molar-refractivity contribution >= 4 is 27.5 Å². The second kappa shape index (κ2) is 6.76. The molecule has 0 spiro atoms. The summed E-state index contributed by atoms with van der Waals surface area (Å²) in [5, 5.41) is 7.90. The molecule has 0 saturated heterocycles. The van der Waals surface area contributed by atoms with Crippen molar-refractivity contribution in [3.8, 4) is 0 Å². The molecule has 0 atom stereocenters. The first kappa shape index (κ1) is 15.6. The van der Waals surface area contributed by atoms with Gasteiger partial charge in [0.05, 0.1) is 22.4 Å². The van der Waals surface area contributed by atoms with Gasteiger partial charge in [-0.3, -0.25) is 9.48 Å². The molecule has 0 radical (unpaired) electrons. The Bertz CT molecular complexity index is 634. The number of aryl methyl sites for hydroxylation is 2. The molecular formula is C15H19BrN4O. The van der Waals surface area contributed by atoms with Crippen LogP contribution in [0.3, 0.4) is 0 Å². The number of halogens is 1. The molecule has 0 fully saturated rings. The lowest BCUT2D eigenvalue weighted by Crippen LogP contribution is -2.11. The number of amides is 1. The van der Waals surface area contributed by atoms with E-state index >= 15 is 0 Å². The van der Waals surface area contributed by atoms with Crippen LogP contribution in [0.25, 0.3) is 0 Å². The molecule has 1 heterocycles. The lowest BCUT2D eigenvalue weighted by Gasteiger charge is -2.09. The molecule has 0 unspecified atom stereocenters. The van der Waals surface area contributed by atoms with Crippen LogP contribution in [0.1, 0.15) is 35.6 Å². The minimum atomic E-state index is -0.416. The van der Waals surface area contributed by atoms with Crippen LogP contribution < -0.4 is 11.1 Å². The standard InChI is InChI=1S/C15H19BrN4O/c1-3-12-14(16)13(20(4-2)19-12)9-18-11-7-5-10(6-8-11)15(17)21/h5-8,18H,3-4,9H2,1-2H3,(H2,17,21). The number of hydrogen-bond donors (Lipinski definition) is 2. The summed E-state index contributed by atoms with van der Waals surface area (Å²) in [6, 6.07) is 7.13. The molecule has 0 aliphatic rings. The molecule has 3 N–H and O–H groups in total. The molecule has 0 aliphatic carbocycles. The minimum absolute atomic E-state index is 0.416. The topological polar surface area (TPSA) is 72.9 Å². The van der Waals surface area contributed by atoms with Crippen molar-refractivity contribution in [1.82, 2.24) is 9.78 Å². The fraction of sp³-hybridized carbons (Fsp3) is 0.333. The summed E-state index contributed by atoms with van der Waals surface area (Å²) in [4.78, 5) is 11.0. The number of benzene rings is 1. The molecule has 2 aromatic rings. The summed E-state index contributed by atoms with van der Waals surface area (Å²) in [7, 11) is 0. The van der Waals surface area contributed by atoms with Crippen LogP contribution in [0.4, 0.5) is 5.69 Å². The van der Waals surface area contributed by atoms with Gasteiger partial charge in [-0.1, -0.05) is 6.92 Å². The van der Waals surface area contributed by atoms with Gasteiger partial charge in [-0.2, -0.15) is 5.10 Å². The van der Waals surface area contributed by atoms with Gasteiger partial charge in [0.25, 0.3) is 0 Å². The van der Waals surface area contributed by atoms with Crippen molar-refractivity contribution in [3.05, 3.63) is 45.7 Å². The van der Waals surface area contributed by atoms with E-state index in [9.17, 15) is 4.79 Å². The Kier molecular flexibility index (Phi) is 5.01. The zero-order valence-corrected chi connectivity index (χ0v) is 13.8. The minimum Gasteiger partial charge on any atom is -0.379 e. The average Bonchev–Trinajstić information content (AvgIpc) is 2.81. The number of carbonyl (C=O) groups is 1. The highest BCUT2D eigenvalue weighted by atomic mass is 79.9. The van der Waals surface area contributed by atoms with Crippen LogP contribution in [0.15, 0.2) is 28.7 Å². The highest BCUT2D eigenvalue weighted by Crippen LogP contribution is 2.23. The van der Waals surface area contributed by atoms with E-state index in [0.29, 0.717) is 12.1 Å². The van der Waals surface area contributed by atoms with E-state index in [2.05, 4.69) is 40.2 Å². The van der Waals surface area contributed by atoms with Gasteiger partial charge in [0.2, 0.25) is 5.91 Å². The zero-order chi connectivity index (χ0) is 15.4. The molecule has 112 valence electrons. The number of hydrogen-bond acceptors (Lipinski definition) is 3. The molecule has 1 amide bonds. The normalized spacial score (nSPS) is 10.6. The Labute approximate surface area is 132 Å². The predicted molar refractivity (Wildman–Crippen MR) is 87.3 cm³/mol. The molecule has 1 aromatic carbocycles. The summed E-state index contributed by atoms with van der Waals surface area (Å²) in [6.07, 6.45) is 0.897. The monoisotopic (exact) mass is 350 g/mol. The Morgan fingerprint density at radius 3 is 2.52 bits per heavy atom. The number of aromatic nitrogens is 2. The highest BCUT2D eigenvalue weighted by molar-refractivity contribution is 9.10. The fourth-order valence-corrected chi connectivity index (χ4v) is 2.83. The second-order valence-electron chi connectivity index (χ2n) is 4.67. The van der Waals surface area contributed by atoms with E-state index in [1.165, 1.54) is 0 Å². The van der Waals surface area contributed by atoms with Crippen molar-refractivity contribution in [2.75, 3.05) is 5.32 Å². The van der Waals surface area contributed by atoms with Gasteiger partial charge >= 0.3 is 0 Å². The van der Waals surface area contributed by atoms with Crippen LogP contribution in [-0.4, -0.2) is 15.7 Å². The van der Waals surface area contributed by atoms with E-state index in [4.69, 9.17) is 5.73 Å². The number of carbonyl (C=O) groups excluding carboxylic acids is 1. The fourth-order valence-electron chi connectivity index (χ4n) is 2.12. The molecule has 0 saturated carbocycles. The summed E-state index contributed by atoms with van der Waals surface area (Å²) < 4.78 is 3.06. The summed E-state index contributed by atoms with van der Waals surface area (Å²) >= 11 is 3.62. The van der Waals surface area contributed by atoms with Crippen LogP contribution in [-0.2, 0) is 19.5 Å². The van der Waals surface area contributed by atoms with Crippen LogP contribution >= 0.6 is 15.9 Å². The molecule has 6 heteroatoms. The molecule has 21 heavy (non-hydrogen) atoms. The first-order valence-electron chi connectivity index (χ1n) is 6.94. The first-order chi connectivity index (χ1) is 10.1. The Morgan fingerprint density at radius 2 is 2.00 bits per heavy atom. The number of nitrogens with one attached hydrogen (secondary N) is 1. The van der Waals surface area contributed by atoms with Crippen molar-refractivity contribution in [3.63, 3.8) is 0 Å². The van der Waals surface area contributed by atoms with Crippen LogP contribution in [0.5, 0.6) is 0 Å². The second-order valence-corrected chi connectivity index (χ2v) is 5.46. The largest absolute Gasteiger partial charge is 0.379 e. The van der Waals surface area contributed by atoms with Crippen molar-refractivity contribution in [1.29, 1.82) is 0 Å². The molecule has 2 rings (SSSR count). The average molecular weight is 351 g/mol. The lowest BCUT2D eigenvalue weighted by atomic mass is 10.2. The van der Waals surface area contributed by atoms with E-state index in [1.54, 1.807) is 12.1 Å². The maximum Gasteiger partial charge on any atom is 0.248 e. The third-order valence-corrected chi connectivity index (χ3v) is 4.24.